The fraction of sp³-hybridized carbons (Fsp3) is 0.429. The highest BCUT2D eigenvalue weighted by molar-refractivity contribution is 14.0. The zero-order valence-electron chi connectivity index (χ0n) is 16.6. The molecule has 1 aromatic heterocycles. The molecule has 1 aromatic carbocycles. The number of aliphatic imine (C=N–C) groups is 1. The molecule has 0 saturated carbocycles. The molecule has 0 atom stereocenters. The molecule has 0 aliphatic heterocycles. The van der Waals surface area contributed by atoms with Crippen LogP contribution in [-0.2, 0) is 19.6 Å². The van der Waals surface area contributed by atoms with Gasteiger partial charge in [0.25, 0.3) is 0 Å². The Balaban J connectivity index is 0.00000364. The lowest BCUT2D eigenvalue weighted by atomic mass is 10.1. The van der Waals surface area contributed by atoms with Crippen molar-refractivity contribution in [2.45, 2.75) is 40.4 Å². The number of hydrogen-bond donors (Lipinski definition) is 2. The zero-order valence-corrected chi connectivity index (χ0v) is 18.9. The molecule has 27 heavy (non-hydrogen) atoms. The maximum absolute atomic E-state index is 4.77. The first-order valence-electron chi connectivity index (χ1n) is 9.48. The minimum Gasteiger partial charge on any atom is -0.357 e. The second kappa shape index (κ2) is 13.5. The van der Waals surface area contributed by atoms with Gasteiger partial charge in [0.15, 0.2) is 5.96 Å². The first kappa shape index (κ1) is 23.4. The number of aromatic nitrogens is 1. The molecule has 2 N–H and O–H groups in total. The van der Waals surface area contributed by atoms with Crippen molar-refractivity contribution >= 4 is 29.9 Å². The van der Waals surface area contributed by atoms with Gasteiger partial charge in [0, 0.05) is 19.3 Å². The van der Waals surface area contributed by atoms with E-state index in [1.54, 1.807) is 0 Å². The van der Waals surface area contributed by atoms with Gasteiger partial charge in [-0.25, -0.2) is 4.99 Å². The summed E-state index contributed by atoms with van der Waals surface area (Å²) in [6.45, 7) is 11.7. The van der Waals surface area contributed by atoms with E-state index in [4.69, 9.17) is 4.99 Å². The standard InChI is InChI=1S/C21H31N5.HI/c1-4-22-21(25-16-20-13-9-10-14-23-20)24-15-18-11-7-8-12-19(18)17-26(5-2)6-3;/h7-14H,4-6,15-17H2,1-3H3,(H2,22,24,25);1H. The molecule has 1 heterocycles. The highest BCUT2D eigenvalue weighted by Crippen LogP contribution is 2.13. The largest absolute Gasteiger partial charge is 0.357 e. The first-order chi connectivity index (χ1) is 12.8. The zero-order chi connectivity index (χ0) is 18.6. The van der Waals surface area contributed by atoms with Gasteiger partial charge in [-0.1, -0.05) is 44.2 Å². The van der Waals surface area contributed by atoms with Crippen LogP contribution in [0.25, 0.3) is 0 Å². The number of halogens is 1. The molecular formula is C21H32IN5. The fourth-order valence-corrected chi connectivity index (χ4v) is 2.74. The summed E-state index contributed by atoms with van der Waals surface area (Å²) in [4.78, 5) is 11.5. The number of hydrogen-bond acceptors (Lipinski definition) is 3. The van der Waals surface area contributed by atoms with Crippen molar-refractivity contribution in [3.63, 3.8) is 0 Å². The molecule has 2 aromatic rings. The number of benzene rings is 1. The third-order valence-corrected chi connectivity index (χ3v) is 4.32. The van der Waals surface area contributed by atoms with Crippen LogP contribution in [0.15, 0.2) is 53.7 Å². The minimum atomic E-state index is 0. The molecule has 2 rings (SSSR count). The Kier molecular flexibility index (Phi) is 11.7. The van der Waals surface area contributed by atoms with E-state index in [9.17, 15) is 0 Å². The Hall–Kier alpha value is -1.67. The van der Waals surface area contributed by atoms with E-state index in [-0.39, 0.29) is 24.0 Å². The summed E-state index contributed by atoms with van der Waals surface area (Å²) in [5.41, 5.74) is 3.62. The summed E-state index contributed by atoms with van der Waals surface area (Å²) < 4.78 is 0. The molecular weight excluding hydrogens is 449 g/mol. The van der Waals surface area contributed by atoms with Gasteiger partial charge in [0.1, 0.15) is 0 Å². The lowest BCUT2D eigenvalue weighted by Crippen LogP contribution is -2.37. The molecule has 6 heteroatoms. The Morgan fingerprint density at radius 1 is 0.963 bits per heavy atom. The summed E-state index contributed by atoms with van der Waals surface area (Å²) in [5, 5.41) is 6.66. The van der Waals surface area contributed by atoms with Gasteiger partial charge in [0.2, 0.25) is 0 Å². The van der Waals surface area contributed by atoms with Crippen molar-refractivity contribution in [3.8, 4) is 0 Å². The van der Waals surface area contributed by atoms with E-state index in [0.717, 1.165) is 37.8 Å². The maximum atomic E-state index is 4.77. The van der Waals surface area contributed by atoms with Crippen LogP contribution in [0.4, 0.5) is 0 Å². The molecule has 0 aliphatic rings. The SMILES string of the molecule is CCNC(=NCc1ccccc1CN(CC)CC)NCc1ccccn1.I. The lowest BCUT2D eigenvalue weighted by Gasteiger charge is -2.20. The Morgan fingerprint density at radius 2 is 1.67 bits per heavy atom. The summed E-state index contributed by atoms with van der Waals surface area (Å²) >= 11 is 0. The van der Waals surface area contributed by atoms with Gasteiger partial charge >= 0.3 is 0 Å². The van der Waals surface area contributed by atoms with Crippen LogP contribution in [0.3, 0.4) is 0 Å². The van der Waals surface area contributed by atoms with Crippen molar-refractivity contribution in [1.29, 1.82) is 0 Å². The molecule has 5 nitrogen and oxygen atoms in total. The molecule has 0 radical (unpaired) electrons. The number of nitrogens with one attached hydrogen (secondary N) is 2. The predicted molar refractivity (Wildman–Crippen MR) is 124 cm³/mol. The molecule has 0 bridgehead atoms. The van der Waals surface area contributed by atoms with Crippen LogP contribution in [0.5, 0.6) is 0 Å². The number of nitrogens with zero attached hydrogens (tertiary/aromatic N) is 3. The van der Waals surface area contributed by atoms with E-state index in [0.29, 0.717) is 13.1 Å². The third kappa shape index (κ3) is 8.26. The lowest BCUT2D eigenvalue weighted by molar-refractivity contribution is 0.295. The van der Waals surface area contributed by atoms with E-state index < -0.39 is 0 Å². The molecule has 0 fully saturated rings. The van der Waals surface area contributed by atoms with Crippen molar-refractivity contribution in [3.05, 3.63) is 65.5 Å². The van der Waals surface area contributed by atoms with E-state index >= 15 is 0 Å². The quantitative estimate of drug-likeness (QED) is 0.325. The van der Waals surface area contributed by atoms with Gasteiger partial charge in [-0.05, 0) is 43.3 Å². The molecule has 0 spiro atoms. The highest BCUT2D eigenvalue weighted by Gasteiger charge is 2.06. The minimum absolute atomic E-state index is 0. The maximum Gasteiger partial charge on any atom is 0.191 e. The van der Waals surface area contributed by atoms with Gasteiger partial charge in [-0.2, -0.15) is 0 Å². The molecule has 0 unspecified atom stereocenters. The van der Waals surface area contributed by atoms with Gasteiger partial charge in [0.05, 0.1) is 18.8 Å². The van der Waals surface area contributed by atoms with Gasteiger partial charge < -0.3 is 10.6 Å². The monoisotopic (exact) mass is 481 g/mol. The fourth-order valence-electron chi connectivity index (χ4n) is 2.74. The van der Waals surface area contributed by atoms with E-state index in [2.05, 4.69) is 65.6 Å². The normalized spacial score (nSPS) is 11.2. The van der Waals surface area contributed by atoms with Crippen molar-refractivity contribution in [1.82, 2.24) is 20.5 Å². The second-order valence-electron chi connectivity index (χ2n) is 6.10. The van der Waals surface area contributed by atoms with Gasteiger partial charge in [-0.3, -0.25) is 9.88 Å². The summed E-state index contributed by atoms with van der Waals surface area (Å²) in [6, 6.07) is 14.5. The summed E-state index contributed by atoms with van der Waals surface area (Å²) in [6.07, 6.45) is 1.81. The van der Waals surface area contributed by atoms with Crippen LogP contribution in [0.2, 0.25) is 0 Å². The van der Waals surface area contributed by atoms with Crippen molar-refractivity contribution < 1.29 is 0 Å². The molecule has 148 valence electrons. The highest BCUT2D eigenvalue weighted by atomic mass is 127. The summed E-state index contributed by atoms with van der Waals surface area (Å²) in [5.74, 6) is 0.816. The van der Waals surface area contributed by atoms with Crippen LogP contribution >= 0.6 is 24.0 Å². The number of rotatable bonds is 9. The number of pyridine rings is 1. The van der Waals surface area contributed by atoms with E-state index in [1.807, 2.05) is 24.4 Å². The van der Waals surface area contributed by atoms with Crippen molar-refractivity contribution in [2.75, 3.05) is 19.6 Å². The Bertz CT molecular complexity index is 671. The third-order valence-electron chi connectivity index (χ3n) is 4.32. The Morgan fingerprint density at radius 3 is 2.30 bits per heavy atom. The van der Waals surface area contributed by atoms with Crippen LogP contribution in [0.1, 0.15) is 37.6 Å². The second-order valence-corrected chi connectivity index (χ2v) is 6.10. The topological polar surface area (TPSA) is 52.6 Å². The van der Waals surface area contributed by atoms with Crippen LogP contribution < -0.4 is 10.6 Å². The average molecular weight is 481 g/mol. The van der Waals surface area contributed by atoms with Crippen LogP contribution in [-0.4, -0.2) is 35.5 Å². The first-order valence-corrected chi connectivity index (χ1v) is 9.48. The molecule has 0 amide bonds. The molecule has 0 saturated heterocycles. The Labute approximate surface area is 180 Å². The molecule has 0 aliphatic carbocycles. The summed E-state index contributed by atoms with van der Waals surface area (Å²) in [7, 11) is 0. The smallest absolute Gasteiger partial charge is 0.191 e. The predicted octanol–water partition coefficient (Wildman–Crippen LogP) is 3.80. The average Bonchev–Trinajstić information content (AvgIpc) is 2.69. The van der Waals surface area contributed by atoms with Crippen LogP contribution in [0, 0.1) is 0 Å². The van der Waals surface area contributed by atoms with E-state index in [1.165, 1.54) is 11.1 Å². The van der Waals surface area contributed by atoms with Crippen molar-refractivity contribution in [2.24, 2.45) is 4.99 Å². The van der Waals surface area contributed by atoms with Gasteiger partial charge in [-0.15, -0.1) is 24.0 Å². The number of guanidine groups is 1.